The first-order valence-electron chi connectivity index (χ1n) is 14.3. The molecule has 7 nitrogen and oxygen atoms in total. The third-order valence-corrected chi connectivity index (χ3v) is 8.82. The van der Waals surface area contributed by atoms with Crippen molar-refractivity contribution in [2.45, 2.75) is 108 Å². The summed E-state index contributed by atoms with van der Waals surface area (Å²) in [6, 6.07) is 9.65. The van der Waals surface area contributed by atoms with Gasteiger partial charge in [0.15, 0.2) is 11.0 Å². The van der Waals surface area contributed by atoms with Gasteiger partial charge in [-0.2, -0.15) is 0 Å². The summed E-state index contributed by atoms with van der Waals surface area (Å²) in [6.45, 7) is 8.56. The Morgan fingerprint density at radius 2 is 1.63 bits per heavy atom. The van der Waals surface area contributed by atoms with E-state index in [4.69, 9.17) is 0 Å². The topological polar surface area (TPSA) is 80.1 Å². The van der Waals surface area contributed by atoms with Gasteiger partial charge in [0.2, 0.25) is 5.91 Å². The third-order valence-electron chi connectivity index (χ3n) is 7.87. The minimum atomic E-state index is -0.318. The van der Waals surface area contributed by atoms with Crippen molar-refractivity contribution in [1.82, 2.24) is 25.0 Å². The van der Waals surface area contributed by atoms with Gasteiger partial charge in [0.1, 0.15) is 0 Å². The van der Waals surface area contributed by atoms with Crippen LogP contribution in [0.15, 0.2) is 48.1 Å². The highest BCUT2D eigenvalue weighted by atomic mass is 32.2. The first-order valence-corrected chi connectivity index (χ1v) is 15.3. The Hall–Kier alpha value is -2.61. The molecule has 4 rings (SSSR count). The van der Waals surface area contributed by atoms with E-state index < -0.39 is 0 Å². The molecule has 0 spiro atoms. The number of thioether (sulfide) groups is 1. The van der Waals surface area contributed by atoms with Gasteiger partial charge in [-0.05, 0) is 43.7 Å². The molecule has 38 heavy (non-hydrogen) atoms. The molecule has 0 unspecified atom stereocenters. The lowest BCUT2D eigenvalue weighted by molar-refractivity contribution is -0.135. The van der Waals surface area contributed by atoms with E-state index in [9.17, 15) is 9.59 Å². The fraction of sp³-hybridized carbons (Fsp3) is 0.600. The van der Waals surface area contributed by atoms with E-state index >= 15 is 0 Å². The molecule has 1 aromatic carbocycles. The van der Waals surface area contributed by atoms with Gasteiger partial charge >= 0.3 is 0 Å². The smallest absolute Gasteiger partial charge is 0.251 e. The van der Waals surface area contributed by atoms with E-state index in [1.807, 2.05) is 28.8 Å². The average molecular weight is 538 g/mol. The second-order valence-electron chi connectivity index (χ2n) is 11.0. The highest BCUT2D eigenvalue weighted by Crippen LogP contribution is 2.32. The maximum Gasteiger partial charge on any atom is 0.251 e. The molecule has 2 aromatic rings. The van der Waals surface area contributed by atoms with E-state index in [2.05, 4.69) is 40.8 Å². The highest BCUT2D eigenvalue weighted by Gasteiger charge is 2.33. The quantitative estimate of drug-likeness (QED) is 0.274. The van der Waals surface area contributed by atoms with E-state index in [1.54, 1.807) is 12.1 Å². The van der Waals surface area contributed by atoms with E-state index in [0.29, 0.717) is 40.9 Å². The molecular weight excluding hydrogens is 494 g/mol. The SMILES string of the molecule is C=CCn1c(SCC(=O)N(C2CCCCC2)C2CCCCC2)nnc1[C@@H](NC(=O)c1ccccc1)C(C)C. The molecule has 2 fully saturated rings. The molecule has 2 saturated carbocycles. The zero-order chi connectivity index (χ0) is 26.9. The summed E-state index contributed by atoms with van der Waals surface area (Å²) in [5.74, 6) is 1.22. The fourth-order valence-electron chi connectivity index (χ4n) is 5.91. The number of carbonyl (C=O) groups excluding carboxylic acids is 2. The zero-order valence-electron chi connectivity index (χ0n) is 23.0. The normalized spacial score (nSPS) is 17.8. The molecule has 2 aliphatic carbocycles. The number of hydrogen-bond acceptors (Lipinski definition) is 5. The molecule has 2 amide bonds. The van der Waals surface area contributed by atoms with Crippen molar-refractivity contribution in [3.8, 4) is 0 Å². The Bertz CT molecular complexity index is 1040. The molecule has 0 radical (unpaired) electrons. The van der Waals surface area contributed by atoms with Crippen LogP contribution >= 0.6 is 11.8 Å². The van der Waals surface area contributed by atoms with E-state index in [-0.39, 0.29) is 23.8 Å². The van der Waals surface area contributed by atoms with Gasteiger partial charge < -0.3 is 14.8 Å². The van der Waals surface area contributed by atoms with Gasteiger partial charge in [0.05, 0.1) is 11.8 Å². The Labute approximate surface area is 231 Å². The standard InChI is InChI=1S/C30H43N5O2S/c1-4-20-34-28(27(22(2)3)31-29(37)23-14-8-5-9-15-23)32-33-30(34)38-21-26(36)35(24-16-10-6-11-17-24)25-18-12-7-13-19-25/h4-5,8-9,14-15,22,24-25,27H,1,6-7,10-13,16-21H2,2-3H3,(H,31,37)/t27-/m0/s1. The van der Waals surface area contributed by atoms with E-state index in [0.717, 1.165) is 25.7 Å². The largest absolute Gasteiger partial charge is 0.342 e. The predicted octanol–water partition coefficient (Wildman–Crippen LogP) is 6.18. The summed E-state index contributed by atoms with van der Waals surface area (Å²) in [5, 5.41) is 12.8. The van der Waals surface area contributed by atoms with Gasteiger partial charge in [-0.3, -0.25) is 9.59 Å². The summed E-state index contributed by atoms with van der Waals surface area (Å²) in [4.78, 5) is 28.9. The summed E-state index contributed by atoms with van der Waals surface area (Å²) in [7, 11) is 0. The highest BCUT2D eigenvalue weighted by molar-refractivity contribution is 7.99. The molecule has 8 heteroatoms. The monoisotopic (exact) mass is 537 g/mol. The van der Waals surface area contributed by atoms with Crippen LogP contribution in [0.2, 0.25) is 0 Å². The van der Waals surface area contributed by atoms with Crippen LogP contribution in [0.4, 0.5) is 0 Å². The molecule has 1 atom stereocenters. The molecule has 1 aromatic heterocycles. The van der Waals surface area contributed by atoms with Gasteiger partial charge in [-0.15, -0.1) is 16.8 Å². The van der Waals surface area contributed by atoms with Crippen LogP contribution in [-0.4, -0.2) is 49.3 Å². The number of nitrogens with one attached hydrogen (secondary N) is 1. The second kappa shape index (κ2) is 14.0. The van der Waals surface area contributed by atoms with Crippen LogP contribution in [0.25, 0.3) is 0 Å². The van der Waals surface area contributed by atoms with Crippen molar-refractivity contribution >= 4 is 23.6 Å². The van der Waals surface area contributed by atoms with Crippen LogP contribution in [0, 0.1) is 5.92 Å². The average Bonchev–Trinajstić information content (AvgIpc) is 3.34. The number of carbonyl (C=O) groups is 2. The van der Waals surface area contributed by atoms with Gasteiger partial charge in [0, 0.05) is 24.2 Å². The number of allylic oxidation sites excluding steroid dienone is 1. The fourth-order valence-corrected chi connectivity index (χ4v) is 6.73. The lowest BCUT2D eigenvalue weighted by Gasteiger charge is -2.41. The number of hydrogen-bond donors (Lipinski definition) is 1. The maximum atomic E-state index is 13.7. The Balaban J connectivity index is 1.50. The van der Waals surface area contributed by atoms with Crippen LogP contribution < -0.4 is 5.32 Å². The molecule has 0 bridgehead atoms. The van der Waals surface area contributed by atoms with Crippen molar-refractivity contribution in [2.24, 2.45) is 5.92 Å². The van der Waals surface area contributed by atoms with Gasteiger partial charge in [0.25, 0.3) is 5.91 Å². The van der Waals surface area contributed by atoms with Gasteiger partial charge in [-0.1, -0.05) is 88.4 Å². The third kappa shape index (κ3) is 7.07. The number of nitrogens with zero attached hydrogens (tertiary/aromatic N) is 4. The first kappa shape index (κ1) is 28.4. The number of benzene rings is 1. The minimum absolute atomic E-state index is 0.100. The molecule has 1 heterocycles. The van der Waals surface area contributed by atoms with Crippen molar-refractivity contribution in [1.29, 1.82) is 0 Å². The van der Waals surface area contributed by atoms with E-state index in [1.165, 1.54) is 50.3 Å². The minimum Gasteiger partial charge on any atom is -0.342 e. The van der Waals surface area contributed by atoms with Crippen molar-refractivity contribution in [3.63, 3.8) is 0 Å². The summed E-state index contributed by atoms with van der Waals surface area (Å²) in [5.41, 5.74) is 0.610. The van der Waals surface area contributed by atoms with Crippen molar-refractivity contribution in [3.05, 3.63) is 54.4 Å². The number of rotatable bonds is 11. The summed E-state index contributed by atoms with van der Waals surface area (Å²) < 4.78 is 1.99. The second-order valence-corrected chi connectivity index (χ2v) is 11.9. The first-order chi connectivity index (χ1) is 18.5. The van der Waals surface area contributed by atoms with Crippen molar-refractivity contribution < 1.29 is 9.59 Å². The summed E-state index contributed by atoms with van der Waals surface area (Å²) in [6.07, 6.45) is 13.8. The molecule has 0 saturated heterocycles. The Morgan fingerprint density at radius 1 is 1.03 bits per heavy atom. The zero-order valence-corrected chi connectivity index (χ0v) is 23.8. The number of amides is 2. The lowest BCUT2D eigenvalue weighted by atomic mass is 9.88. The van der Waals surface area contributed by atoms with Gasteiger partial charge in [-0.25, -0.2) is 0 Å². The Kier molecular flexibility index (Phi) is 10.4. The van der Waals surface area contributed by atoms with Crippen LogP contribution in [0.3, 0.4) is 0 Å². The number of aromatic nitrogens is 3. The van der Waals surface area contributed by atoms with Crippen LogP contribution in [-0.2, 0) is 11.3 Å². The van der Waals surface area contributed by atoms with Crippen LogP contribution in [0.1, 0.15) is 100 Å². The molecule has 206 valence electrons. The lowest BCUT2D eigenvalue weighted by Crippen LogP contribution is -2.49. The molecular formula is C30H43N5O2S. The van der Waals surface area contributed by atoms with Crippen molar-refractivity contribution in [2.75, 3.05) is 5.75 Å². The molecule has 2 aliphatic rings. The predicted molar refractivity (Wildman–Crippen MR) is 153 cm³/mol. The molecule has 0 aliphatic heterocycles. The maximum absolute atomic E-state index is 13.7. The van der Waals surface area contributed by atoms with Crippen LogP contribution in [0.5, 0.6) is 0 Å². The molecule has 1 N–H and O–H groups in total. The Morgan fingerprint density at radius 3 is 2.18 bits per heavy atom. The summed E-state index contributed by atoms with van der Waals surface area (Å²) >= 11 is 1.45.